The molecule has 0 radical (unpaired) electrons. The molecule has 0 bridgehead atoms. The van der Waals surface area contributed by atoms with Crippen molar-refractivity contribution >= 4 is 34.6 Å². The summed E-state index contributed by atoms with van der Waals surface area (Å²) in [5.74, 6) is -1.15. The van der Waals surface area contributed by atoms with Crippen LogP contribution in [-0.2, 0) is 0 Å². The molecule has 6 nitrogen and oxygen atoms in total. The van der Waals surface area contributed by atoms with E-state index in [0.29, 0.717) is 0 Å². The minimum atomic E-state index is -1.15. The second-order valence-electron chi connectivity index (χ2n) is 3.39. The number of halogens is 1. The Kier molecular flexibility index (Phi) is 3.68. The van der Waals surface area contributed by atoms with E-state index in [1.807, 2.05) is 0 Å². The Balaban J connectivity index is 2.41. The zero-order chi connectivity index (χ0) is 14.0. The van der Waals surface area contributed by atoms with Crippen molar-refractivity contribution in [2.75, 3.05) is 0 Å². The van der Waals surface area contributed by atoms with Gasteiger partial charge >= 0.3 is 11.7 Å². The molecule has 0 aliphatic carbocycles. The van der Waals surface area contributed by atoms with E-state index in [2.05, 4.69) is 0 Å². The van der Waals surface area contributed by atoms with E-state index in [-0.39, 0.29) is 27.1 Å². The molecule has 1 aromatic carbocycles. The topological polar surface area (TPSA) is 89.7 Å². The quantitative estimate of drug-likeness (QED) is 0.685. The summed E-state index contributed by atoms with van der Waals surface area (Å²) in [6.07, 6.45) is 0. The summed E-state index contributed by atoms with van der Waals surface area (Å²) < 4.78 is 5.29. The van der Waals surface area contributed by atoms with Crippen LogP contribution in [0.4, 0.5) is 5.69 Å². The fourth-order valence-corrected chi connectivity index (χ4v) is 2.19. The lowest BCUT2D eigenvalue weighted by Crippen LogP contribution is -1.97. The zero-order valence-corrected chi connectivity index (χ0v) is 10.8. The van der Waals surface area contributed by atoms with Crippen molar-refractivity contribution in [3.8, 4) is 11.5 Å². The zero-order valence-electron chi connectivity index (χ0n) is 9.20. The van der Waals surface area contributed by atoms with Crippen molar-refractivity contribution in [3.05, 3.63) is 49.7 Å². The molecular formula is C11H6ClNO5S. The molecule has 1 N–H and O–H groups in total. The van der Waals surface area contributed by atoms with Gasteiger partial charge in [0.25, 0.3) is 0 Å². The third kappa shape index (κ3) is 2.83. The number of hydrogen-bond acceptors (Lipinski definition) is 5. The maximum atomic E-state index is 10.9. The fourth-order valence-electron chi connectivity index (χ4n) is 1.37. The molecule has 0 fully saturated rings. The monoisotopic (exact) mass is 299 g/mol. The van der Waals surface area contributed by atoms with Gasteiger partial charge in [-0.05, 0) is 23.6 Å². The van der Waals surface area contributed by atoms with E-state index in [9.17, 15) is 14.9 Å². The first-order chi connectivity index (χ1) is 8.99. The first-order valence-corrected chi connectivity index (χ1v) is 6.17. The number of aromatic carboxylic acids is 1. The standard InChI is InChI=1S/C11H6ClNO5S/c12-6-1-2-8(7(5-6)13(16)17)18-9-3-4-19-10(9)11(14)15/h1-5H,(H,14,15). The molecule has 0 saturated heterocycles. The van der Waals surface area contributed by atoms with Crippen molar-refractivity contribution in [2.45, 2.75) is 0 Å². The van der Waals surface area contributed by atoms with Gasteiger partial charge in [-0.25, -0.2) is 4.79 Å². The lowest BCUT2D eigenvalue weighted by molar-refractivity contribution is -0.385. The Morgan fingerprint density at radius 1 is 1.37 bits per heavy atom. The smallest absolute Gasteiger partial charge is 0.349 e. The molecule has 0 aliphatic rings. The first-order valence-electron chi connectivity index (χ1n) is 4.91. The van der Waals surface area contributed by atoms with E-state index in [1.165, 1.54) is 23.6 Å². The number of carboxylic acids is 1. The van der Waals surface area contributed by atoms with E-state index >= 15 is 0 Å². The largest absolute Gasteiger partial charge is 0.477 e. The van der Waals surface area contributed by atoms with Crippen LogP contribution in [0.25, 0.3) is 0 Å². The van der Waals surface area contributed by atoms with Gasteiger partial charge in [0.15, 0.2) is 10.6 Å². The maximum Gasteiger partial charge on any atom is 0.349 e. The summed E-state index contributed by atoms with van der Waals surface area (Å²) in [5.41, 5.74) is -0.324. The van der Waals surface area contributed by atoms with Crippen molar-refractivity contribution in [2.24, 2.45) is 0 Å². The van der Waals surface area contributed by atoms with E-state index < -0.39 is 10.9 Å². The molecule has 2 rings (SSSR count). The Labute approximate surface area is 116 Å². The Hall–Kier alpha value is -2.12. The Morgan fingerprint density at radius 2 is 2.11 bits per heavy atom. The van der Waals surface area contributed by atoms with Crippen molar-refractivity contribution in [3.63, 3.8) is 0 Å². The highest BCUT2D eigenvalue weighted by atomic mass is 35.5. The van der Waals surface area contributed by atoms with Gasteiger partial charge in [-0.1, -0.05) is 11.6 Å². The van der Waals surface area contributed by atoms with E-state index in [1.54, 1.807) is 0 Å². The molecule has 19 heavy (non-hydrogen) atoms. The van der Waals surface area contributed by atoms with Crippen LogP contribution in [0.15, 0.2) is 29.6 Å². The highest BCUT2D eigenvalue weighted by Gasteiger charge is 2.20. The van der Waals surface area contributed by atoms with Gasteiger partial charge in [-0.3, -0.25) is 10.1 Å². The molecule has 0 unspecified atom stereocenters. The molecule has 0 aliphatic heterocycles. The average Bonchev–Trinajstić information content (AvgIpc) is 2.79. The van der Waals surface area contributed by atoms with Crippen LogP contribution in [0.2, 0.25) is 5.02 Å². The van der Waals surface area contributed by atoms with Gasteiger partial charge in [-0.15, -0.1) is 11.3 Å². The summed E-state index contributed by atoms with van der Waals surface area (Å²) in [4.78, 5) is 21.1. The lowest BCUT2D eigenvalue weighted by atomic mass is 10.3. The molecule has 8 heteroatoms. The molecule has 1 aromatic heterocycles. The fraction of sp³-hybridized carbons (Fsp3) is 0. The summed E-state index contributed by atoms with van der Waals surface area (Å²) >= 11 is 6.65. The van der Waals surface area contributed by atoms with Crippen LogP contribution in [-0.4, -0.2) is 16.0 Å². The number of thiophene rings is 1. The van der Waals surface area contributed by atoms with Gasteiger partial charge < -0.3 is 9.84 Å². The molecule has 1 heterocycles. The van der Waals surface area contributed by atoms with E-state index in [4.69, 9.17) is 21.4 Å². The lowest BCUT2D eigenvalue weighted by Gasteiger charge is -2.05. The minimum absolute atomic E-state index is 0.0238. The summed E-state index contributed by atoms with van der Waals surface area (Å²) in [6.45, 7) is 0. The summed E-state index contributed by atoms with van der Waals surface area (Å²) in [5, 5.41) is 21.5. The molecular weight excluding hydrogens is 294 g/mol. The summed E-state index contributed by atoms with van der Waals surface area (Å²) in [6, 6.07) is 5.33. The van der Waals surface area contributed by atoms with Crippen LogP contribution in [0.1, 0.15) is 9.67 Å². The van der Waals surface area contributed by atoms with Crippen LogP contribution in [0.3, 0.4) is 0 Å². The number of rotatable bonds is 4. The normalized spacial score (nSPS) is 10.2. The predicted molar refractivity (Wildman–Crippen MR) is 69.5 cm³/mol. The number of nitro groups is 1. The molecule has 2 aromatic rings. The second kappa shape index (κ2) is 5.25. The molecule has 98 valence electrons. The number of hydrogen-bond donors (Lipinski definition) is 1. The van der Waals surface area contributed by atoms with Crippen molar-refractivity contribution in [1.82, 2.24) is 0 Å². The van der Waals surface area contributed by atoms with Crippen molar-refractivity contribution < 1.29 is 19.6 Å². The highest BCUT2D eigenvalue weighted by Crippen LogP contribution is 2.36. The third-order valence-corrected chi connectivity index (χ3v) is 3.28. The summed E-state index contributed by atoms with van der Waals surface area (Å²) in [7, 11) is 0. The second-order valence-corrected chi connectivity index (χ2v) is 4.74. The average molecular weight is 300 g/mol. The number of nitro benzene ring substituents is 1. The SMILES string of the molecule is O=C(O)c1sccc1Oc1ccc(Cl)cc1[N+](=O)[O-]. The number of ether oxygens (including phenoxy) is 1. The van der Waals surface area contributed by atoms with Gasteiger partial charge in [0, 0.05) is 11.1 Å². The van der Waals surface area contributed by atoms with Gasteiger partial charge in [0.05, 0.1) is 4.92 Å². The Morgan fingerprint density at radius 3 is 2.74 bits per heavy atom. The van der Waals surface area contributed by atoms with Gasteiger partial charge in [-0.2, -0.15) is 0 Å². The van der Waals surface area contributed by atoms with Crippen LogP contribution in [0, 0.1) is 10.1 Å². The molecule has 0 amide bonds. The van der Waals surface area contributed by atoms with Crippen LogP contribution >= 0.6 is 22.9 Å². The molecule has 0 atom stereocenters. The van der Waals surface area contributed by atoms with Crippen molar-refractivity contribution in [1.29, 1.82) is 0 Å². The molecule has 0 spiro atoms. The van der Waals surface area contributed by atoms with Crippen LogP contribution in [0.5, 0.6) is 11.5 Å². The first kappa shape index (κ1) is 13.3. The molecule has 0 saturated carbocycles. The van der Waals surface area contributed by atoms with Crippen LogP contribution < -0.4 is 4.74 Å². The number of carbonyl (C=O) groups is 1. The van der Waals surface area contributed by atoms with Gasteiger partial charge in [0.1, 0.15) is 0 Å². The number of nitrogens with zero attached hydrogens (tertiary/aromatic N) is 1. The van der Waals surface area contributed by atoms with Gasteiger partial charge in [0.2, 0.25) is 5.75 Å². The predicted octanol–water partition coefficient (Wildman–Crippen LogP) is 3.80. The highest BCUT2D eigenvalue weighted by molar-refractivity contribution is 7.12. The third-order valence-electron chi connectivity index (χ3n) is 2.16. The minimum Gasteiger partial charge on any atom is -0.477 e. The van der Waals surface area contributed by atoms with E-state index in [0.717, 1.165) is 17.4 Å². The number of carboxylic acid groups (broad SMARTS) is 1. The Bertz CT molecular complexity index is 654. The maximum absolute atomic E-state index is 10.9. The number of benzene rings is 1.